The number of nitro groups is 1. The minimum absolute atomic E-state index is 0.00842. The van der Waals surface area contributed by atoms with Gasteiger partial charge in [-0.05, 0) is 54.4 Å². The lowest BCUT2D eigenvalue weighted by Gasteiger charge is -2.19. The molecular formula is C33H23BrN2O6S. The van der Waals surface area contributed by atoms with Gasteiger partial charge in [-0.1, -0.05) is 52.3 Å². The molecule has 1 aromatic heterocycles. The van der Waals surface area contributed by atoms with Gasteiger partial charge in [0.05, 0.1) is 21.9 Å². The van der Waals surface area contributed by atoms with Crippen molar-refractivity contribution in [2.24, 2.45) is 4.99 Å². The number of nitro benzene ring substituents is 1. The molecule has 1 atom stereocenters. The van der Waals surface area contributed by atoms with E-state index in [4.69, 9.17) is 14.1 Å². The average molecular weight is 656 g/mol. The van der Waals surface area contributed by atoms with E-state index in [-0.39, 0.29) is 23.3 Å². The van der Waals surface area contributed by atoms with Crippen LogP contribution in [0.1, 0.15) is 38.7 Å². The van der Waals surface area contributed by atoms with Crippen molar-refractivity contribution in [3.05, 3.63) is 138 Å². The normalized spacial score (nSPS) is 14.5. The molecule has 214 valence electrons. The maximum Gasteiger partial charge on any atom is 0.336 e. The number of aryl methyl sites for hydroxylation is 1. The van der Waals surface area contributed by atoms with Gasteiger partial charge < -0.3 is 9.15 Å². The third-order valence-electron chi connectivity index (χ3n) is 7.14. The van der Waals surface area contributed by atoms with Crippen molar-refractivity contribution in [2.45, 2.75) is 23.5 Å². The standard InChI is InChI=1S/C33H23BrN2O6S/c1-19-16-31(38)42-33-24(19)14-15-28(41-18-27(37)20-6-10-22(34)11-7-20)32(33)26-17-30(21-8-12-23(13-9-21)36(39)40)43-29-5-3-2-4-25(29)35-26/h2-16,30H,17-18H2,1H3/t30-/m1/s1. The molecule has 0 amide bonds. The summed E-state index contributed by atoms with van der Waals surface area (Å²) in [5.41, 5.74) is 3.77. The molecule has 0 radical (unpaired) electrons. The molecule has 1 aliphatic heterocycles. The van der Waals surface area contributed by atoms with Gasteiger partial charge in [0.25, 0.3) is 5.69 Å². The Bertz CT molecular complexity index is 1970. The van der Waals surface area contributed by atoms with Crippen LogP contribution < -0.4 is 10.4 Å². The van der Waals surface area contributed by atoms with Crippen molar-refractivity contribution in [1.29, 1.82) is 0 Å². The number of carbonyl (C=O) groups excluding carboxylic acids is 1. The number of benzene rings is 4. The Morgan fingerprint density at radius 1 is 1.07 bits per heavy atom. The summed E-state index contributed by atoms with van der Waals surface area (Å²) in [6, 6.07) is 26.2. The number of thioether (sulfide) groups is 1. The van der Waals surface area contributed by atoms with Crippen molar-refractivity contribution in [1.82, 2.24) is 0 Å². The first kappa shape index (κ1) is 28.6. The third-order valence-corrected chi connectivity index (χ3v) is 8.99. The zero-order valence-corrected chi connectivity index (χ0v) is 25.2. The second-order valence-electron chi connectivity index (χ2n) is 9.97. The predicted molar refractivity (Wildman–Crippen MR) is 170 cm³/mol. The molecule has 1 aliphatic rings. The molecule has 0 unspecified atom stereocenters. The predicted octanol–water partition coefficient (Wildman–Crippen LogP) is 8.39. The van der Waals surface area contributed by atoms with Crippen LogP contribution in [0.2, 0.25) is 0 Å². The van der Waals surface area contributed by atoms with Crippen molar-refractivity contribution in [2.75, 3.05) is 6.61 Å². The van der Waals surface area contributed by atoms with E-state index in [1.807, 2.05) is 37.3 Å². The maximum absolute atomic E-state index is 13.0. The minimum atomic E-state index is -0.509. The lowest BCUT2D eigenvalue weighted by atomic mass is 9.97. The van der Waals surface area contributed by atoms with E-state index in [0.717, 1.165) is 31.6 Å². The van der Waals surface area contributed by atoms with E-state index < -0.39 is 10.5 Å². The Labute approximate surface area is 258 Å². The van der Waals surface area contributed by atoms with Crippen molar-refractivity contribution >= 4 is 61.5 Å². The number of ketones is 1. The van der Waals surface area contributed by atoms with Gasteiger partial charge in [0.15, 0.2) is 18.0 Å². The van der Waals surface area contributed by atoms with Crippen LogP contribution in [0.4, 0.5) is 11.4 Å². The number of rotatable bonds is 7. The summed E-state index contributed by atoms with van der Waals surface area (Å²) in [6.45, 7) is 1.60. The van der Waals surface area contributed by atoms with Gasteiger partial charge in [0, 0.05) is 50.2 Å². The number of nitrogens with zero attached hydrogens (tertiary/aromatic N) is 2. The molecule has 4 aromatic carbocycles. The van der Waals surface area contributed by atoms with Crippen molar-refractivity contribution in [3.63, 3.8) is 0 Å². The summed E-state index contributed by atoms with van der Waals surface area (Å²) < 4.78 is 12.8. The first-order valence-corrected chi connectivity index (χ1v) is 15.0. The fourth-order valence-corrected chi connectivity index (χ4v) is 6.48. The number of carbonyl (C=O) groups is 1. The topological polar surface area (TPSA) is 112 Å². The second-order valence-corrected chi connectivity index (χ2v) is 12.1. The largest absolute Gasteiger partial charge is 0.485 e. The number of non-ortho nitro benzene ring substituents is 1. The summed E-state index contributed by atoms with van der Waals surface area (Å²) in [6.07, 6.45) is 0.394. The SMILES string of the molecule is Cc1cc(=O)oc2c(C3=Nc4ccccc4S[C@@H](c4ccc([N+](=O)[O-])cc4)C3)c(OCC(=O)c3ccc(Br)cc3)ccc12. The van der Waals surface area contributed by atoms with Gasteiger partial charge in [0.1, 0.15) is 5.75 Å². The van der Waals surface area contributed by atoms with Crippen LogP contribution in [0.3, 0.4) is 0 Å². The second kappa shape index (κ2) is 12.0. The molecule has 0 bridgehead atoms. The number of hydrogen-bond acceptors (Lipinski definition) is 8. The number of halogens is 1. The quantitative estimate of drug-likeness (QED) is 0.0749. The van der Waals surface area contributed by atoms with E-state index in [1.54, 1.807) is 54.2 Å². The highest BCUT2D eigenvalue weighted by Crippen LogP contribution is 2.47. The molecular weight excluding hydrogens is 632 g/mol. The monoisotopic (exact) mass is 654 g/mol. The molecule has 43 heavy (non-hydrogen) atoms. The molecule has 6 rings (SSSR count). The number of Topliss-reactive ketones (excluding diaryl/α,β-unsaturated/α-hetero) is 1. The smallest absolute Gasteiger partial charge is 0.336 e. The number of fused-ring (bicyclic) bond motifs is 2. The van der Waals surface area contributed by atoms with E-state index in [0.29, 0.717) is 34.6 Å². The van der Waals surface area contributed by atoms with Gasteiger partial charge in [-0.2, -0.15) is 0 Å². The molecule has 10 heteroatoms. The van der Waals surface area contributed by atoms with E-state index in [9.17, 15) is 19.7 Å². The zero-order valence-electron chi connectivity index (χ0n) is 22.8. The molecule has 0 N–H and O–H groups in total. The fraction of sp³-hybridized carbons (Fsp3) is 0.121. The van der Waals surface area contributed by atoms with Gasteiger partial charge in [-0.3, -0.25) is 19.9 Å². The van der Waals surface area contributed by atoms with Crippen LogP contribution in [0.15, 0.2) is 115 Å². The number of hydrogen-bond donors (Lipinski definition) is 0. The highest BCUT2D eigenvalue weighted by molar-refractivity contribution is 9.10. The summed E-state index contributed by atoms with van der Waals surface area (Å²) in [5, 5.41) is 11.8. The Kier molecular flexibility index (Phi) is 7.96. The van der Waals surface area contributed by atoms with Crippen LogP contribution in [-0.4, -0.2) is 23.0 Å². The minimum Gasteiger partial charge on any atom is -0.485 e. The number of aliphatic imine (C=N–C) groups is 1. The summed E-state index contributed by atoms with van der Waals surface area (Å²) in [5.74, 6) is 0.147. The van der Waals surface area contributed by atoms with E-state index in [1.165, 1.54) is 18.2 Å². The lowest BCUT2D eigenvalue weighted by molar-refractivity contribution is -0.384. The van der Waals surface area contributed by atoms with Crippen LogP contribution >= 0.6 is 27.7 Å². The van der Waals surface area contributed by atoms with E-state index >= 15 is 0 Å². The molecule has 0 saturated heterocycles. The van der Waals surface area contributed by atoms with Gasteiger partial charge in [-0.15, -0.1) is 11.8 Å². The van der Waals surface area contributed by atoms with Gasteiger partial charge >= 0.3 is 5.63 Å². The first-order chi connectivity index (χ1) is 20.8. The highest BCUT2D eigenvalue weighted by atomic mass is 79.9. The third kappa shape index (κ3) is 6.02. The zero-order chi connectivity index (χ0) is 30.1. The highest BCUT2D eigenvalue weighted by Gasteiger charge is 2.27. The molecule has 8 nitrogen and oxygen atoms in total. The molecule has 0 aliphatic carbocycles. The number of para-hydroxylation sites is 1. The summed E-state index contributed by atoms with van der Waals surface area (Å²) in [4.78, 5) is 42.5. The van der Waals surface area contributed by atoms with Gasteiger partial charge in [0.2, 0.25) is 0 Å². The Balaban J connectivity index is 1.48. The van der Waals surface area contributed by atoms with E-state index in [2.05, 4.69) is 15.9 Å². The van der Waals surface area contributed by atoms with Crippen LogP contribution in [0.5, 0.6) is 5.75 Å². The lowest BCUT2D eigenvalue weighted by Crippen LogP contribution is -2.15. The van der Waals surface area contributed by atoms with Crippen LogP contribution in [-0.2, 0) is 0 Å². The number of ether oxygens (including phenoxy) is 1. The first-order valence-electron chi connectivity index (χ1n) is 13.3. The van der Waals surface area contributed by atoms with Crippen LogP contribution in [0.25, 0.3) is 11.0 Å². The Morgan fingerprint density at radius 2 is 1.81 bits per heavy atom. The van der Waals surface area contributed by atoms with Crippen molar-refractivity contribution in [3.8, 4) is 5.75 Å². The van der Waals surface area contributed by atoms with Crippen molar-refractivity contribution < 1.29 is 18.9 Å². The fourth-order valence-electron chi connectivity index (χ4n) is 4.99. The van der Waals surface area contributed by atoms with Gasteiger partial charge in [-0.25, -0.2) is 4.79 Å². The molecule has 5 aromatic rings. The van der Waals surface area contributed by atoms with Crippen LogP contribution in [0, 0.1) is 17.0 Å². The average Bonchev–Trinajstić information content (AvgIpc) is 3.19. The molecule has 0 fully saturated rings. The Morgan fingerprint density at radius 3 is 2.56 bits per heavy atom. The summed E-state index contributed by atoms with van der Waals surface area (Å²) in [7, 11) is 0. The molecule has 0 spiro atoms. The molecule has 2 heterocycles. The maximum atomic E-state index is 13.0. The Hall–Kier alpha value is -4.54. The summed E-state index contributed by atoms with van der Waals surface area (Å²) >= 11 is 4.99. The molecule has 0 saturated carbocycles.